The number of fused-ring (bicyclic) bond motifs is 1. The molecule has 1 spiro atoms. The summed E-state index contributed by atoms with van der Waals surface area (Å²) in [6, 6.07) is 11.3. The molecule has 1 amide bonds. The summed E-state index contributed by atoms with van der Waals surface area (Å²) in [6.45, 7) is 0.964. The Morgan fingerprint density at radius 2 is 2.08 bits per heavy atom. The highest BCUT2D eigenvalue weighted by molar-refractivity contribution is 5.82. The van der Waals surface area contributed by atoms with Crippen LogP contribution in [0.25, 0.3) is 0 Å². The van der Waals surface area contributed by atoms with E-state index in [9.17, 15) is 9.90 Å². The van der Waals surface area contributed by atoms with Crippen molar-refractivity contribution in [2.24, 2.45) is 0 Å². The second-order valence-electron chi connectivity index (χ2n) is 6.63. The second kappa shape index (κ2) is 5.91. The maximum Gasteiger partial charge on any atom is 0.256 e. The molecule has 1 atom stereocenters. The molecule has 124 valence electrons. The van der Waals surface area contributed by atoms with Crippen LogP contribution in [0.15, 0.2) is 48.8 Å². The Morgan fingerprint density at radius 1 is 1.25 bits per heavy atom. The molecule has 5 nitrogen and oxygen atoms in total. The van der Waals surface area contributed by atoms with Gasteiger partial charge in [-0.25, -0.2) is 0 Å². The lowest BCUT2D eigenvalue weighted by Crippen LogP contribution is -2.52. The third-order valence-electron chi connectivity index (χ3n) is 4.95. The number of aromatic nitrogens is 1. The summed E-state index contributed by atoms with van der Waals surface area (Å²) in [7, 11) is 0. The highest BCUT2D eigenvalue weighted by Crippen LogP contribution is 2.41. The average Bonchev–Trinajstić information content (AvgIpc) is 2.78. The first-order valence-corrected chi connectivity index (χ1v) is 8.31. The zero-order chi connectivity index (χ0) is 16.6. The zero-order valence-electron chi connectivity index (χ0n) is 13.4. The minimum atomic E-state index is -1.19. The van der Waals surface area contributed by atoms with E-state index in [4.69, 9.17) is 4.74 Å². The Kier molecular flexibility index (Phi) is 3.73. The summed E-state index contributed by atoms with van der Waals surface area (Å²) in [6.07, 6.45) is 4.95. The van der Waals surface area contributed by atoms with Crippen LogP contribution in [0.1, 0.15) is 36.5 Å². The molecule has 1 N–H and O–H groups in total. The predicted octanol–water partition coefficient (Wildman–Crippen LogP) is 2.46. The summed E-state index contributed by atoms with van der Waals surface area (Å²) < 4.78 is 6.26. The quantitative estimate of drug-likeness (QED) is 0.922. The molecule has 2 heterocycles. The van der Waals surface area contributed by atoms with Crippen molar-refractivity contribution in [3.63, 3.8) is 0 Å². The third kappa shape index (κ3) is 2.65. The summed E-state index contributed by atoms with van der Waals surface area (Å²) >= 11 is 0. The molecule has 1 aromatic heterocycles. The van der Waals surface area contributed by atoms with E-state index in [0.29, 0.717) is 18.7 Å². The average molecular weight is 324 g/mol. The highest BCUT2D eigenvalue weighted by Gasteiger charge is 2.44. The van der Waals surface area contributed by atoms with Crippen LogP contribution in [0.5, 0.6) is 5.75 Å². The molecule has 1 aliphatic heterocycles. The molecule has 5 heteroatoms. The molecule has 4 rings (SSSR count). The zero-order valence-corrected chi connectivity index (χ0v) is 13.4. The fourth-order valence-corrected chi connectivity index (χ4v) is 3.45. The minimum absolute atomic E-state index is 0.297. The maximum absolute atomic E-state index is 12.9. The number of hydrogen-bond acceptors (Lipinski definition) is 4. The van der Waals surface area contributed by atoms with Gasteiger partial charge in [0.1, 0.15) is 11.4 Å². The number of aliphatic hydroxyl groups is 1. The Morgan fingerprint density at radius 3 is 2.79 bits per heavy atom. The van der Waals surface area contributed by atoms with Crippen molar-refractivity contribution < 1.29 is 14.6 Å². The van der Waals surface area contributed by atoms with Crippen LogP contribution in [0.2, 0.25) is 0 Å². The molecule has 0 saturated heterocycles. The van der Waals surface area contributed by atoms with Gasteiger partial charge in [-0.2, -0.15) is 0 Å². The van der Waals surface area contributed by atoms with E-state index >= 15 is 0 Å². The van der Waals surface area contributed by atoms with Gasteiger partial charge < -0.3 is 14.7 Å². The van der Waals surface area contributed by atoms with Crippen LogP contribution in [0, 0.1) is 0 Å². The Balaban J connectivity index is 1.63. The topological polar surface area (TPSA) is 62.7 Å². The summed E-state index contributed by atoms with van der Waals surface area (Å²) in [5.74, 6) is 0.554. The number of rotatable bonds is 2. The Bertz CT molecular complexity index is 743. The smallest absolute Gasteiger partial charge is 0.256 e. The van der Waals surface area contributed by atoms with E-state index < -0.39 is 6.10 Å². The molecule has 0 bridgehead atoms. The highest BCUT2D eigenvalue weighted by atomic mass is 16.5. The number of carbonyl (C=O) groups is 1. The third-order valence-corrected chi connectivity index (χ3v) is 4.95. The van der Waals surface area contributed by atoms with E-state index in [2.05, 4.69) is 4.98 Å². The number of carbonyl (C=O) groups excluding carboxylic acids is 1. The van der Waals surface area contributed by atoms with Gasteiger partial charge >= 0.3 is 0 Å². The van der Waals surface area contributed by atoms with E-state index in [0.717, 1.165) is 30.6 Å². The van der Waals surface area contributed by atoms with Gasteiger partial charge in [-0.1, -0.05) is 24.3 Å². The number of benzene rings is 1. The number of pyridine rings is 1. The lowest BCUT2D eigenvalue weighted by atomic mass is 9.79. The second-order valence-corrected chi connectivity index (χ2v) is 6.63. The standard InChI is InChI=1S/C19H20N2O3/c22-17(14-6-3-10-20-11-14)18(23)21-12-15-5-1-2-7-16(15)24-19(13-21)8-4-9-19/h1-3,5-7,10-11,17,22H,4,8-9,12-13H2. The predicted molar refractivity (Wildman–Crippen MR) is 88.3 cm³/mol. The molecule has 0 radical (unpaired) electrons. The van der Waals surface area contributed by atoms with Crippen molar-refractivity contribution in [2.45, 2.75) is 37.5 Å². The van der Waals surface area contributed by atoms with Gasteiger partial charge in [0.25, 0.3) is 5.91 Å². The van der Waals surface area contributed by atoms with Crippen LogP contribution in [-0.2, 0) is 11.3 Å². The van der Waals surface area contributed by atoms with Crippen LogP contribution >= 0.6 is 0 Å². The molecule has 24 heavy (non-hydrogen) atoms. The van der Waals surface area contributed by atoms with E-state index in [1.807, 2.05) is 24.3 Å². The molecule has 1 fully saturated rings. The largest absolute Gasteiger partial charge is 0.485 e. The van der Waals surface area contributed by atoms with Crippen LogP contribution in [0.3, 0.4) is 0 Å². The first-order valence-electron chi connectivity index (χ1n) is 8.31. The molecule has 1 aromatic carbocycles. The van der Waals surface area contributed by atoms with E-state index in [1.165, 1.54) is 6.20 Å². The number of amides is 1. The Hall–Kier alpha value is -2.40. The number of para-hydroxylation sites is 1. The fourth-order valence-electron chi connectivity index (χ4n) is 3.45. The molecule has 2 aliphatic rings. The van der Waals surface area contributed by atoms with Gasteiger partial charge in [0, 0.05) is 30.1 Å². The molecular weight excluding hydrogens is 304 g/mol. The van der Waals surface area contributed by atoms with Crippen molar-refractivity contribution in [3.05, 3.63) is 59.9 Å². The summed E-state index contributed by atoms with van der Waals surface area (Å²) in [5, 5.41) is 10.5. The molecule has 1 saturated carbocycles. The van der Waals surface area contributed by atoms with E-state index in [-0.39, 0.29) is 11.5 Å². The first kappa shape index (κ1) is 15.1. The summed E-state index contributed by atoms with van der Waals surface area (Å²) in [5.41, 5.74) is 1.19. The lowest BCUT2D eigenvalue weighted by Gasteiger charge is -2.43. The Labute approximate surface area is 140 Å². The number of nitrogens with zero attached hydrogens (tertiary/aromatic N) is 2. The van der Waals surface area contributed by atoms with Gasteiger partial charge in [-0.3, -0.25) is 9.78 Å². The van der Waals surface area contributed by atoms with Crippen molar-refractivity contribution in [3.8, 4) is 5.75 Å². The number of ether oxygens (including phenoxy) is 1. The van der Waals surface area contributed by atoms with Gasteiger partial charge in [-0.05, 0) is 31.4 Å². The van der Waals surface area contributed by atoms with Gasteiger partial charge in [0.05, 0.1) is 6.54 Å². The van der Waals surface area contributed by atoms with Crippen molar-refractivity contribution in [1.82, 2.24) is 9.88 Å². The van der Waals surface area contributed by atoms with Crippen molar-refractivity contribution in [1.29, 1.82) is 0 Å². The van der Waals surface area contributed by atoms with Crippen LogP contribution in [-0.4, -0.2) is 33.0 Å². The SMILES string of the molecule is O=C(C(O)c1cccnc1)N1Cc2ccccc2OC2(CCC2)C1. The number of aliphatic hydroxyl groups excluding tert-OH is 1. The normalized spacial score (nSPS) is 19.6. The van der Waals surface area contributed by atoms with Crippen molar-refractivity contribution >= 4 is 5.91 Å². The number of hydrogen-bond donors (Lipinski definition) is 1. The maximum atomic E-state index is 12.9. The molecular formula is C19H20N2O3. The minimum Gasteiger partial charge on any atom is -0.485 e. The molecule has 1 aliphatic carbocycles. The first-order chi connectivity index (χ1) is 11.7. The summed E-state index contributed by atoms with van der Waals surface area (Å²) in [4.78, 5) is 18.6. The van der Waals surface area contributed by atoms with Crippen LogP contribution < -0.4 is 4.74 Å². The van der Waals surface area contributed by atoms with Gasteiger partial charge in [0.15, 0.2) is 6.10 Å². The van der Waals surface area contributed by atoms with Gasteiger partial charge in [-0.15, -0.1) is 0 Å². The lowest BCUT2D eigenvalue weighted by molar-refractivity contribution is -0.145. The molecule has 2 aromatic rings. The van der Waals surface area contributed by atoms with Crippen molar-refractivity contribution in [2.75, 3.05) is 6.54 Å². The van der Waals surface area contributed by atoms with Gasteiger partial charge in [0.2, 0.25) is 0 Å². The van der Waals surface area contributed by atoms with E-state index in [1.54, 1.807) is 23.2 Å². The van der Waals surface area contributed by atoms with Crippen LogP contribution in [0.4, 0.5) is 0 Å². The molecule has 1 unspecified atom stereocenters. The monoisotopic (exact) mass is 324 g/mol. The fraction of sp³-hybridized carbons (Fsp3) is 0.368.